The van der Waals surface area contributed by atoms with Crippen molar-refractivity contribution < 1.29 is 27.7 Å². The quantitative estimate of drug-likeness (QED) is 0.213. The molecule has 0 N–H and O–H groups in total. The van der Waals surface area contributed by atoms with Crippen LogP contribution in [0.15, 0.2) is 84.9 Å². The maximum Gasteiger partial charge on any atom is 0.278 e. The second kappa shape index (κ2) is 12.3. The Kier molecular flexibility index (Phi) is 9.48. The Bertz CT molecular complexity index is 1120. The highest BCUT2D eigenvalue weighted by Gasteiger charge is 2.38. The first-order chi connectivity index (χ1) is 16.8. The Balaban J connectivity index is 1.73. The Hall–Kier alpha value is -2.68. The highest BCUT2D eigenvalue weighted by Crippen LogP contribution is 2.48. The van der Waals surface area contributed by atoms with Gasteiger partial charge < -0.3 is 18.5 Å². The zero-order valence-corrected chi connectivity index (χ0v) is 22.7. The molecule has 0 saturated heterocycles. The number of hydrogen-bond donors (Lipinski definition) is 0. The van der Waals surface area contributed by atoms with Crippen molar-refractivity contribution in [2.45, 2.75) is 57.6 Å². The van der Waals surface area contributed by atoms with E-state index in [-0.39, 0.29) is 0 Å². The third-order valence-corrected chi connectivity index (χ3v) is 9.70. The lowest BCUT2D eigenvalue weighted by molar-refractivity contribution is 0.135. The molecular formula is C27H34O6P2. The summed E-state index contributed by atoms with van der Waals surface area (Å²) in [6.07, 6.45) is 1.54. The molecule has 0 aliphatic rings. The highest BCUT2D eigenvalue weighted by molar-refractivity contribution is 7.41. The number of ether oxygens (including phenoxy) is 2. The van der Waals surface area contributed by atoms with Crippen LogP contribution in [0.4, 0.5) is 0 Å². The molecule has 0 fully saturated rings. The van der Waals surface area contributed by atoms with Crippen molar-refractivity contribution in [2.75, 3.05) is 0 Å². The predicted molar refractivity (Wildman–Crippen MR) is 142 cm³/mol. The zero-order valence-electron chi connectivity index (χ0n) is 20.7. The summed E-state index contributed by atoms with van der Waals surface area (Å²) in [6.45, 7) is 7.55. The molecule has 0 amide bonds. The van der Waals surface area contributed by atoms with E-state index in [0.29, 0.717) is 42.3 Å². The van der Waals surface area contributed by atoms with E-state index in [1.54, 1.807) is 31.2 Å². The lowest BCUT2D eigenvalue weighted by Gasteiger charge is -2.31. The second-order valence-electron chi connectivity index (χ2n) is 8.37. The lowest BCUT2D eigenvalue weighted by atomic mass is 10.2. The summed E-state index contributed by atoms with van der Waals surface area (Å²) < 4.78 is 50.4. The largest absolute Gasteiger partial charge is 0.477 e. The molecule has 3 aromatic carbocycles. The fourth-order valence-corrected chi connectivity index (χ4v) is 5.81. The van der Waals surface area contributed by atoms with E-state index in [2.05, 4.69) is 0 Å². The van der Waals surface area contributed by atoms with Crippen molar-refractivity contribution in [3.63, 3.8) is 0 Å². The van der Waals surface area contributed by atoms with E-state index < -0.39 is 26.7 Å². The molecule has 6 nitrogen and oxygen atoms in total. The van der Waals surface area contributed by atoms with Crippen LogP contribution < -0.4 is 18.5 Å². The number of hydrogen-bond acceptors (Lipinski definition) is 6. The van der Waals surface area contributed by atoms with Gasteiger partial charge in [-0.25, -0.2) is 0 Å². The molecule has 0 saturated carbocycles. The summed E-state index contributed by atoms with van der Waals surface area (Å²) in [5.41, 5.74) is 0. The van der Waals surface area contributed by atoms with Crippen molar-refractivity contribution in [2.24, 2.45) is 0 Å². The van der Waals surface area contributed by atoms with Gasteiger partial charge in [-0.05, 0) is 62.6 Å². The molecule has 0 spiro atoms. The van der Waals surface area contributed by atoms with Gasteiger partial charge in [-0.2, -0.15) is 0 Å². The van der Waals surface area contributed by atoms with Crippen LogP contribution in [0.3, 0.4) is 0 Å². The molecule has 0 aliphatic heterocycles. The van der Waals surface area contributed by atoms with E-state index in [4.69, 9.17) is 18.5 Å². The lowest BCUT2D eigenvalue weighted by Crippen LogP contribution is -2.31. The third kappa shape index (κ3) is 6.93. The van der Waals surface area contributed by atoms with E-state index in [1.165, 1.54) is 0 Å². The van der Waals surface area contributed by atoms with Gasteiger partial charge >= 0.3 is 0 Å². The number of benzene rings is 3. The second-order valence-corrected chi connectivity index (χ2v) is 11.9. The van der Waals surface area contributed by atoms with Crippen LogP contribution in [0.2, 0.25) is 0 Å². The van der Waals surface area contributed by atoms with Crippen molar-refractivity contribution in [1.29, 1.82) is 0 Å². The van der Waals surface area contributed by atoms with Crippen LogP contribution in [0.5, 0.6) is 23.0 Å². The van der Waals surface area contributed by atoms with Gasteiger partial charge in [-0.1, -0.05) is 63.2 Å². The van der Waals surface area contributed by atoms with Crippen molar-refractivity contribution in [1.82, 2.24) is 0 Å². The Morgan fingerprint density at radius 1 is 0.600 bits per heavy atom. The Morgan fingerprint density at radius 3 is 1.54 bits per heavy atom. The molecule has 0 heterocycles. The number of para-hydroxylation sites is 2. The summed E-state index contributed by atoms with van der Waals surface area (Å²) in [6, 6.07) is 25.3. The van der Waals surface area contributed by atoms with Gasteiger partial charge in [0.05, 0.1) is 0 Å². The summed E-state index contributed by atoms with van der Waals surface area (Å²) in [4.78, 5) is 0. The molecule has 0 aliphatic carbocycles. The molecule has 0 bridgehead atoms. The minimum Gasteiger partial charge on any atom is -0.477 e. The van der Waals surface area contributed by atoms with Crippen molar-refractivity contribution in [3.8, 4) is 23.0 Å². The summed E-state index contributed by atoms with van der Waals surface area (Å²) in [7, 11) is -5.35. The Labute approximate surface area is 209 Å². The van der Waals surface area contributed by atoms with Gasteiger partial charge in [-0.15, -0.1) is 0 Å². The van der Waals surface area contributed by atoms with Crippen LogP contribution in [0.25, 0.3) is 0 Å². The van der Waals surface area contributed by atoms with Crippen LogP contribution in [-0.4, -0.2) is 10.7 Å². The van der Waals surface area contributed by atoms with E-state index in [1.807, 2.05) is 81.4 Å². The van der Waals surface area contributed by atoms with Crippen LogP contribution >= 0.6 is 16.1 Å². The fourth-order valence-electron chi connectivity index (χ4n) is 3.46. The van der Waals surface area contributed by atoms with Gasteiger partial charge in [0.1, 0.15) is 23.0 Å². The normalized spacial score (nSPS) is 14.9. The predicted octanol–water partition coefficient (Wildman–Crippen LogP) is 8.19. The average Bonchev–Trinajstić information content (AvgIpc) is 2.88. The SMILES string of the molecule is CCC(C)(Oc1ccccc1)[PH](=O)Oc1cccc(O[PH](=O)C(CC)(CC)Oc2ccccc2)c1. The minimum absolute atomic E-state index is 0.361. The number of rotatable bonds is 13. The van der Waals surface area contributed by atoms with E-state index in [9.17, 15) is 9.13 Å². The first kappa shape index (κ1) is 26.9. The van der Waals surface area contributed by atoms with E-state index in [0.717, 1.165) is 0 Å². The van der Waals surface area contributed by atoms with Gasteiger partial charge in [-0.3, -0.25) is 9.13 Å². The molecule has 3 unspecified atom stereocenters. The van der Waals surface area contributed by atoms with Crippen LogP contribution in [0.1, 0.15) is 47.0 Å². The maximum absolute atomic E-state index is 13.4. The molecule has 3 rings (SSSR count). The topological polar surface area (TPSA) is 71.1 Å². The van der Waals surface area contributed by atoms with Gasteiger partial charge in [0.15, 0.2) is 10.7 Å². The van der Waals surface area contributed by atoms with Gasteiger partial charge in [0, 0.05) is 6.07 Å². The first-order valence-electron chi connectivity index (χ1n) is 11.9. The summed E-state index contributed by atoms with van der Waals surface area (Å²) >= 11 is 0. The van der Waals surface area contributed by atoms with Gasteiger partial charge in [0.25, 0.3) is 16.1 Å². The van der Waals surface area contributed by atoms with Crippen molar-refractivity contribution in [3.05, 3.63) is 84.9 Å². The monoisotopic (exact) mass is 516 g/mol. The molecule has 3 aromatic rings. The molecule has 0 aromatic heterocycles. The van der Waals surface area contributed by atoms with Crippen LogP contribution in [0, 0.1) is 0 Å². The van der Waals surface area contributed by atoms with Crippen LogP contribution in [-0.2, 0) is 9.13 Å². The standard InChI is InChI=1S/C27H34O6P2/c1-5-26(4,30-22-15-10-8-11-16-22)34(28)32-24-19-14-20-25(21-24)33-35(29)27(6-2,7-3)31-23-17-12-9-13-18-23/h8-21,34-35H,5-7H2,1-4H3. The third-order valence-electron chi connectivity index (χ3n) is 5.99. The molecule has 8 heteroatoms. The maximum atomic E-state index is 13.4. The molecule has 188 valence electrons. The molecule has 35 heavy (non-hydrogen) atoms. The summed E-state index contributed by atoms with van der Waals surface area (Å²) in [5, 5.41) is -1.93. The molecular weight excluding hydrogens is 482 g/mol. The van der Waals surface area contributed by atoms with E-state index >= 15 is 0 Å². The minimum atomic E-state index is -2.68. The van der Waals surface area contributed by atoms with Gasteiger partial charge in [0.2, 0.25) is 0 Å². The van der Waals surface area contributed by atoms with Crippen molar-refractivity contribution >= 4 is 16.1 Å². The fraction of sp³-hybridized carbons (Fsp3) is 0.333. The molecule has 0 radical (unpaired) electrons. The average molecular weight is 517 g/mol. The molecule has 3 atom stereocenters. The first-order valence-corrected chi connectivity index (χ1v) is 14.5. The summed E-state index contributed by atoms with van der Waals surface area (Å²) in [5.74, 6) is 2.00. The highest BCUT2D eigenvalue weighted by atomic mass is 31.1. The smallest absolute Gasteiger partial charge is 0.278 e. The Morgan fingerprint density at radius 2 is 1.06 bits per heavy atom. The zero-order chi connectivity index (χ0) is 25.3.